The third-order valence-corrected chi connectivity index (χ3v) is 6.25. The Morgan fingerprint density at radius 2 is 0.543 bits per heavy atom. The van der Waals surface area contributed by atoms with Gasteiger partial charge in [0.05, 0.1) is 0 Å². The Balaban J connectivity index is -0.000000234. The Kier molecular flexibility index (Phi) is 30.8. The number of hydrogen-bond acceptors (Lipinski definition) is 0. The molecule has 0 spiro atoms. The maximum absolute atomic E-state index is 3.16. The number of hydrogen-bond donors (Lipinski definition) is 0. The number of rotatable bonds is 0. The second-order valence-electron chi connectivity index (χ2n) is 15.8. The molecule has 0 saturated heterocycles. The van der Waals surface area contributed by atoms with Crippen molar-refractivity contribution in [2.75, 3.05) is 0 Å². The van der Waals surface area contributed by atoms with Crippen molar-refractivity contribution in [1.82, 2.24) is 0 Å². The molecule has 0 bridgehead atoms. The maximum Gasteiger partial charge on any atom is -1.00 e. The molecule has 0 nitrogen and oxygen atoms in total. The average Bonchev–Trinajstić information content (AvgIpc) is 3.64. The molecule has 0 unspecified atom stereocenters. The van der Waals surface area contributed by atoms with Gasteiger partial charge in [-0.15, -0.1) is 25.7 Å². The molecule has 4 rings (SSSR count). The van der Waals surface area contributed by atoms with E-state index in [0.717, 1.165) is 25.7 Å². The van der Waals surface area contributed by atoms with Crippen molar-refractivity contribution >= 4 is 11.0 Å². The topological polar surface area (TPSA) is 0 Å². The van der Waals surface area contributed by atoms with Gasteiger partial charge in [0.15, 0.2) is 0 Å². The van der Waals surface area contributed by atoms with Gasteiger partial charge in [-0.25, -0.2) is 24.3 Å². The van der Waals surface area contributed by atoms with Crippen molar-refractivity contribution in [2.24, 2.45) is 21.7 Å². The van der Waals surface area contributed by atoms with Crippen molar-refractivity contribution in [2.45, 2.75) is 135 Å². The molecule has 6 heteroatoms. The van der Waals surface area contributed by atoms with Gasteiger partial charge in [0, 0.05) is 0 Å². The average molecular weight is 1030 g/mol. The van der Waals surface area contributed by atoms with Crippen LogP contribution in [-0.2, 0) is 46.0 Å². The molecule has 0 heterocycles. The first-order chi connectivity index (χ1) is 19.9. The minimum absolute atomic E-state index is 0. The van der Waals surface area contributed by atoms with Gasteiger partial charge in [-0.3, -0.25) is 24.3 Å². The predicted octanol–water partition coefficient (Wildman–Crippen LogP) is 6.46. The van der Waals surface area contributed by atoms with E-state index < -0.39 is 0 Å². The summed E-state index contributed by atoms with van der Waals surface area (Å²) in [6, 6.07) is 0. The third-order valence-electron chi connectivity index (χ3n) is 6.25. The van der Waals surface area contributed by atoms with Crippen LogP contribution in [0.5, 0.6) is 0 Å². The Hall–Kier alpha value is 0.674. The molecule has 0 saturated carbocycles. The van der Waals surface area contributed by atoms with E-state index in [1.54, 1.807) is 0 Å². The van der Waals surface area contributed by atoms with E-state index in [0.29, 0.717) is 21.7 Å². The van der Waals surface area contributed by atoms with Crippen LogP contribution in [0.1, 0.15) is 109 Å². The summed E-state index contributed by atoms with van der Waals surface area (Å²) in [6.45, 7) is 36.0. The second-order valence-corrected chi connectivity index (χ2v) is 41.4. The SMILES string of the molecule is CC(C)(C)C1=CC[C-]=C1.CC(C)(C)C1=CC[C-]=C1.CC(C)(C)C1=CC[C-]=C1.CC(C)(C)C1=CC[C-]=C1.C[Si](C)=[Hf+2].C[Si](C)=[Hf+2].[Cl-].[Cl-]. The summed E-state index contributed by atoms with van der Waals surface area (Å²) in [6.07, 6.45) is 34.0. The monoisotopic (exact) mass is 1030 g/mol. The maximum atomic E-state index is 3.16. The number of allylic oxidation sites excluding steroid dienone is 16. The molecule has 4 aliphatic rings. The fraction of sp³-hybridized carbons (Fsp3) is 0.600. The molecule has 0 aromatic carbocycles. The van der Waals surface area contributed by atoms with Crippen LogP contribution in [0.25, 0.3) is 0 Å². The first-order valence-corrected chi connectivity index (χ1v) is 31.8. The predicted molar refractivity (Wildman–Crippen MR) is 195 cm³/mol. The zero-order valence-electron chi connectivity index (χ0n) is 32.2. The van der Waals surface area contributed by atoms with Crippen LogP contribution in [0.15, 0.2) is 70.9 Å². The zero-order valence-corrected chi connectivity index (χ0v) is 42.9. The smallest absolute Gasteiger partial charge is 1.00 e. The molecule has 0 amide bonds. The van der Waals surface area contributed by atoms with Gasteiger partial charge in [-0.2, -0.15) is 46.6 Å². The minimum Gasteiger partial charge on any atom is -1.00 e. The molecule has 0 radical (unpaired) electrons. The van der Waals surface area contributed by atoms with Gasteiger partial charge in [0.2, 0.25) is 0 Å². The van der Waals surface area contributed by atoms with Crippen LogP contribution in [0, 0.1) is 46.0 Å². The molecular weight excluding hydrogens is 964 g/mol. The van der Waals surface area contributed by atoms with E-state index >= 15 is 0 Å². The van der Waals surface area contributed by atoms with Gasteiger partial charge < -0.3 is 24.8 Å². The van der Waals surface area contributed by atoms with Gasteiger partial charge in [-0.1, -0.05) is 105 Å². The third kappa shape index (κ3) is 30.7. The molecule has 0 N–H and O–H groups in total. The van der Waals surface area contributed by atoms with E-state index in [4.69, 9.17) is 0 Å². The molecule has 0 fully saturated rings. The molecule has 0 aromatic heterocycles. The van der Waals surface area contributed by atoms with Gasteiger partial charge >= 0.3 is 83.2 Å². The van der Waals surface area contributed by atoms with Crippen molar-refractivity contribution in [3.63, 3.8) is 0 Å². The standard InChI is InChI=1S/4C9H13.2C2H6Si.2ClH.2Hf/c4*1-9(2,3)8-6-4-5-7-8;2*1-3-2;;;;/h4*6-7H,4H2,1-3H3;2*1-2H3;2*1H;;/q4*-1;;;;;2*+2/p-2. The van der Waals surface area contributed by atoms with Crippen LogP contribution in [0.2, 0.25) is 26.2 Å². The summed E-state index contributed by atoms with van der Waals surface area (Å²) in [5.41, 5.74) is 7.49. The van der Waals surface area contributed by atoms with Gasteiger partial charge in [0.1, 0.15) is 0 Å². The van der Waals surface area contributed by atoms with E-state index in [1.807, 2.05) is 0 Å². The molecule has 0 aromatic rings. The van der Waals surface area contributed by atoms with Crippen molar-refractivity contribution in [3.05, 3.63) is 95.2 Å². The number of halogens is 2. The molecule has 0 aliphatic heterocycles. The summed E-state index contributed by atoms with van der Waals surface area (Å²) in [5.74, 6) is 0. The molecule has 0 atom stereocenters. The van der Waals surface area contributed by atoms with Gasteiger partial charge in [-0.05, 0) is 0 Å². The van der Waals surface area contributed by atoms with Crippen LogP contribution < -0.4 is 24.8 Å². The summed E-state index contributed by atoms with van der Waals surface area (Å²) in [5, 5.41) is 0. The zero-order chi connectivity index (χ0) is 34.8. The summed E-state index contributed by atoms with van der Waals surface area (Å²) >= 11 is 2.90. The largest absolute Gasteiger partial charge is 1.00 e. The normalized spacial score (nSPS) is 15.6. The van der Waals surface area contributed by atoms with E-state index in [-0.39, 0.29) is 35.8 Å². The summed E-state index contributed by atoms with van der Waals surface area (Å²) in [4.78, 5) is 0. The Bertz CT molecular complexity index is 970. The van der Waals surface area contributed by atoms with Gasteiger partial charge in [0.25, 0.3) is 0 Å². The molecule has 4 aliphatic carbocycles. The molecule has 46 heavy (non-hydrogen) atoms. The van der Waals surface area contributed by atoms with Crippen LogP contribution >= 0.6 is 0 Å². The Labute approximate surface area is 330 Å². The van der Waals surface area contributed by atoms with Crippen molar-refractivity contribution in [1.29, 1.82) is 0 Å². The Morgan fingerprint density at radius 1 is 0.413 bits per heavy atom. The Morgan fingerprint density at radius 3 is 0.587 bits per heavy atom. The summed E-state index contributed by atoms with van der Waals surface area (Å²) < 4.78 is 0. The van der Waals surface area contributed by atoms with Crippen molar-refractivity contribution < 1.29 is 70.8 Å². The first kappa shape index (κ1) is 53.5. The minimum atomic E-state index is 0. The summed E-state index contributed by atoms with van der Waals surface area (Å²) in [7, 11) is 0. The van der Waals surface area contributed by atoms with E-state index in [1.165, 1.54) is 68.3 Å². The van der Waals surface area contributed by atoms with E-state index in [9.17, 15) is 0 Å². The first-order valence-electron chi connectivity index (χ1n) is 16.0. The molecule has 256 valence electrons. The van der Waals surface area contributed by atoms with Crippen LogP contribution in [-0.4, -0.2) is 11.0 Å². The molecular formula is C40H64Cl2Hf2Si2-2. The quantitative estimate of drug-likeness (QED) is 0.193. The fourth-order valence-electron chi connectivity index (χ4n) is 3.68. The van der Waals surface area contributed by atoms with Crippen LogP contribution in [0.4, 0.5) is 0 Å². The van der Waals surface area contributed by atoms with Crippen molar-refractivity contribution in [3.8, 4) is 0 Å². The van der Waals surface area contributed by atoms with Crippen LogP contribution in [0.3, 0.4) is 0 Å². The second kappa shape index (κ2) is 26.5. The van der Waals surface area contributed by atoms with E-state index in [2.05, 4.69) is 182 Å². The fourth-order valence-corrected chi connectivity index (χ4v) is 3.68.